The summed E-state index contributed by atoms with van der Waals surface area (Å²) in [6, 6.07) is 1.54. The molecule has 16 heavy (non-hydrogen) atoms. The van der Waals surface area contributed by atoms with Crippen LogP contribution in [-0.2, 0) is 0 Å². The van der Waals surface area contributed by atoms with Gasteiger partial charge in [-0.05, 0) is 22.4 Å². The number of pyridine rings is 1. The minimum absolute atomic E-state index is 0.0171. The molecule has 2 rings (SSSR count). The number of anilines is 1. The fourth-order valence-corrected chi connectivity index (χ4v) is 2.10. The molecular formula is C9H11BrN4O2. The van der Waals surface area contributed by atoms with Crippen LogP contribution in [0.15, 0.2) is 16.7 Å². The van der Waals surface area contributed by atoms with Crippen molar-refractivity contribution in [2.45, 2.75) is 12.5 Å². The predicted octanol–water partition coefficient (Wildman–Crippen LogP) is 1.29. The first kappa shape index (κ1) is 11.3. The summed E-state index contributed by atoms with van der Waals surface area (Å²) in [5, 5.41) is 10.9. The number of hydrogen-bond donors (Lipinski definition) is 1. The fraction of sp³-hybridized carbons (Fsp3) is 0.444. The van der Waals surface area contributed by atoms with Crippen LogP contribution in [0.25, 0.3) is 0 Å². The van der Waals surface area contributed by atoms with E-state index in [1.165, 1.54) is 6.07 Å². The summed E-state index contributed by atoms with van der Waals surface area (Å²) in [5.74, 6) is 0.404. The summed E-state index contributed by atoms with van der Waals surface area (Å²) in [6.07, 6.45) is 2.40. The average Bonchev–Trinajstić information content (AvgIpc) is 2.64. The van der Waals surface area contributed by atoms with Gasteiger partial charge in [0, 0.05) is 35.9 Å². The Hall–Kier alpha value is -1.21. The topological polar surface area (TPSA) is 85.3 Å². The van der Waals surface area contributed by atoms with E-state index in [2.05, 4.69) is 20.9 Å². The van der Waals surface area contributed by atoms with E-state index >= 15 is 0 Å². The largest absolute Gasteiger partial charge is 0.349 e. The molecule has 0 radical (unpaired) electrons. The van der Waals surface area contributed by atoms with Gasteiger partial charge in [-0.3, -0.25) is 10.1 Å². The predicted molar refractivity (Wildman–Crippen MR) is 63.4 cm³/mol. The summed E-state index contributed by atoms with van der Waals surface area (Å²) in [5.41, 5.74) is 5.79. The van der Waals surface area contributed by atoms with Crippen molar-refractivity contribution in [2.75, 3.05) is 18.0 Å². The molecule has 0 bridgehead atoms. The number of nitrogens with two attached hydrogens (primary N) is 1. The second kappa shape index (κ2) is 4.34. The van der Waals surface area contributed by atoms with Crippen molar-refractivity contribution in [3.05, 3.63) is 26.9 Å². The molecule has 1 aliphatic rings. The van der Waals surface area contributed by atoms with Gasteiger partial charge in [0.15, 0.2) is 0 Å². The molecule has 0 saturated carbocycles. The van der Waals surface area contributed by atoms with Crippen LogP contribution < -0.4 is 10.6 Å². The Bertz CT molecular complexity index is 426. The molecule has 2 N–H and O–H groups in total. The Labute approximate surface area is 101 Å². The van der Waals surface area contributed by atoms with Crippen LogP contribution in [-0.4, -0.2) is 29.0 Å². The second-order valence-electron chi connectivity index (χ2n) is 3.75. The minimum Gasteiger partial charge on any atom is -0.349 e. The fourth-order valence-electron chi connectivity index (χ4n) is 1.78. The number of hydrogen-bond acceptors (Lipinski definition) is 5. The normalized spacial score (nSPS) is 20.1. The highest BCUT2D eigenvalue weighted by atomic mass is 79.9. The van der Waals surface area contributed by atoms with Gasteiger partial charge in [0.05, 0.1) is 4.92 Å². The number of aromatic nitrogens is 1. The first-order valence-electron chi connectivity index (χ1n) is 4.88. The Kier molecular flexibility index (Phi) is 3.06. The Balaban J connectivity index is 2.36. The summed E-state index contributed by atoms with van der Waals surface area (Å²) < 4.78 is 0.603. The Morgan fingerprint density at radius 2 is 2.44 bits per heavy atom. The molecule has 2 heterocycles. The van der Waals surface area contributed by atoms with Gasteiger partial charge < -0.3 is 10.6 Å². The van der Waals surface area contributed by atoms with Gasteiger partial charge in [0.1, 0.15) is 0 Å². The molecule has 1 aromatic heterocycles. The highest BCUT2D eigenvalue weighted by Crippen LogP contribution is 2.30. The van der Waals surface area contributed by atoms with E-state index < -0.39 is 4.92 Å². The molecule has 1 aromatic rings. The first-order chi connectivity index (χ1) is 7.58. The molecule has 1 atom stereocenters. The number of nitro groups is 1. The zero-order chi connectivity index (χ0) is 11.7. The van der Waals surface area contributed by atoms with E-state index in [1.807, 2.05) is 4.90 Å². The third kappa shape index (κ3) is 2.14. The van der Waals surface area contributed by atoms with E-state index in [9.17, 15) is 10.1 Å². The Morgan fingerprint density at radius 3 is 3.00 bits per heavy atom. The maximum absolute atomic E-state index is 10.9. The smallest absolute Gasteiger partial charge is 0.312 e. The van der Waals surface area contributed by atoms with Gasteiger partial charge >= 0.3 is 5.69 Å². The molecule has 6 nitrogen and oxygen atoms in total. The molecule has 7 heteroatoms. The number of halogens is 1. The zero-order valence-electron chi connectivity index (χ0n) is 8.47. The van der Waals surface area contributed by atoms with Crippen molar-refractivity contribution in [2.24, 2.45) is 5.73 Å². The van der Waals surface area contributed by atoms with E-state index in [4.69, 9.17) is 5.73 Å². The molecule has 1 saturated heterocycles. The molecule has 1 fully saturated rings. The first-order valence-corrected chi connectivity index (χ1v) is 5.67. The van der Waals surface area contributed by atoms with Crippen LogP contribution in [0.4, 0.5) is 11.5 Å². The lowest BCUT2D eigenvalue weighted by Crippen LogP contribution is -2.27. The van der Waals surface area contributed by atoms with Crippen LogP contribution in [0.2, 0.25) is 0 Å². The van der Waals surface area contributed by atoms with E-state index in [-0.39, 0.29) is 11.7 Å². The summed E-state index contributed by atoms with van der Waals surface area (Å²) in [4.78, 5) is 16.4. The molecule has 0 spiro atoms. The highest BCUT2D eigenvalue weighted by Gasteiger charge is 2.27. The molecule has 0 aliphatic carbocycles. The van der Waals surface area contributed by atoms with Gasteiger partial charge in [-0.1, -0.05) is 0 Å². The third-order valence-corrected chi connectivity index (χ3v) is 2.97. The SMILES string of the molecule is NC1CCN(c2ncc(Br)cc2[N+](=O)[O-])C1. The number of rotatable bonds is 2. The summed E-state index contributed by atoms with van der Waals surface area (Å²) in [6.45, 7) is 1.34. The van der Waals surface area contributed by atoms with Crippen molar-refractivity contribution in [1.29, 1.82) is 0 Å². The van der Waals surface area contributed by atoms with Gasteiger partial charge in [0.2, 0.25) is 5.82 Å². The molecule has 1 unspecified atom stereocenters. The van der Waals surface area contributed by atoms with Crippen molar-refractivity contribution >= 4 is 27.4 Å². The third-order valence-electron chi connectivity index (χ3n) is 2.53. The van der Waals surface area contributed by atoms with Crippen LogP contribution in [0.3, 0.4) is 0 Å². The molecule has 1 aliphatic heterocycles. The molecule has 0 aromatic carbocycles. The maximum Gasteiger partial charge on any atom is 0.312 e. The van der Waals surface area contributed by atoms with E-state index in [1.54, 1.807) is 6.20 Å². The quantitative estimate of drug-likeness (QED) is 0.654. The summed E-state index contributed by atoms with van der Waals surface area (Å²) in [7, 11) is 0. The molecule has 86 valence electrons. The van der Waals surface area contributed by atoms with Crippen LogP contribution in [0, 0.1) is 10.1 Å². The van der Waals surface area contributed by atoms with Gasteiger partial charge in [0.25, 0.3) is 0 Å². The average molecular weight is 287 g/mol. The monoisotopic (exact) mass is 286 g/mol. The van der Waals surface area contributed by atoms with Crippen LogP contribution in [0.1, 0.15) is 6.42 Å². The van der Waals surface area contributed by atoms with Crippen LogP contribution >= 0.6 is 15.9 Å². The van der Waals surface area contributed by atoms with E-state index in [0.29, 0.717) is 16.8 Å². The van der Waals surface area contributed by atoms with Crippen molar-refractivity contribution < 1.29 is 4.92 Å². The van der Waals surface area contributed by atoms with Crippen molar-refractivity contribution in [3.63, 3.8) is 0 Å². The highest BCUT2D eigenvalue weighted by molar-refractivity contribution is 9.10. The van der Waals surface area contributed by atoms with Gasteiger partial charge in [-0.15, -0.1) is 0 Å². The maximum atomic E-state index is 10.9. The Morgan fingerprint density at radius 1 is 1.69 bits per heavy atom. The van der Waals surface area contributed by atoms with Crippen molar-refractivity contribution in [1.82, 2.24) is 4.98 Å². The second-order valence-corrected chi connectivity index (χ2v) is 4.66. The minimum atomic E-state index is -0.420. The standard InChI is InChI=1S/C9H11BrN4O2/c10-6-3-8(14(15)16)9(12-4-6)13-2-1-7(11)5-13/h3-4,7H,1-2,5,11H2. The number of nitrogens with zero attached hydrogens (tertiary/aromatic N) is 3. The lowest BCUT2D eigenvalue weighted by atomic mass is 10.3. The van der Waals surface area contributed by atoms with Gasteiger partial charge in [-0.2, -0.15) is 0 Å². The lowest BCUT2D eigenvalue weighted by Gasteiger charge is -2.16. The van der Waals surface area contributed by atoms with Crippen LogP contribution in [0.5, 0.6) is 0 Å². The molecule has 0 amide bonds. The zero-order valence-corrected chi connectivity index (χ0v) is 10.1. The summed E-state index contributed by atoms with van der Waals surface area (Å²) >= 11 is 3.17. The van der Waals surface area contributed by atoms with Crippen molar-refractivity contribution in [3.8, 4) is 0 Å². The van der Waals surface area contributed by atoms with E-state index in [0.717, 1.165) is 13.0 Å². The van der Waals surface area contributed by atoms with Gasteiger partial charge in [-0.25, -0.2) is 4.98 Å². The lowest BCUT2D eigenvalue weighted by molar-refractivity contribution is -0.384. The molecular weight excluding hydrogens is 276 g/mol.